The largest absolute Gasteiger partial charge is 0.454 e. The average Bonchev–Trinajstić information content (AvgIpc) is 3.30. The number of nitrogen functional groups attached to an aromatic ring is 1. The normalized spacial score (nSPS) is 13.2. The quantitative estimate of drug-likeness (QED) is 0.533. The third-order valence-corrected chi connectivity index (χ3v) is 6.94. The van der Waals surface area contributed by atoms with E-state index in [1.807, 2.05) is 31.1 Å². The molecule has 0 unspecified atom stereocenters. The van der Waals surface area contributed by atoms with Crippen molar-refractivity contribution in [2.45, 2.75) is 16.6 Å². The molecule has 3 N–H and O–H groups in total. The molecule has 0 aliphatic carbocycles. The van der Waals surface area contributed by atoms with E-state index in [1.54, 1.807) is 4.57 Å². The molecule has 30 heavy (non-hydrogen) atoms. The zero-order chi connectivity index (χ0) is 21.5. The van der Waals surface area contributed by atoms with E-state index in [-0.39, 0.29) is 24.9 Å². The van der Waals surface area contributed by atoms with Crippen molar-refractivity contribution >= 4 is 44.5 Å². The van der Waals surface area contributed by atoms with Crippen LogP contribution in [-0.4, -0.2) is 61.6 Å². The fraction of sp³-hybridized carbons (Fsp3) is 0.353. The van der Waals surface area contributed by atoms with Crippen LogP contribution in [0.15, 0.2) is 28.5 Å². The number of aryl methyl sites for hydroxylation is 1. The maximum absolute atomic E-state index is 12.0. The average molecular weight is 452 g/mol. The van der Waals surface area contributed by atoms with Gasteiger partial charge >= 0.3 is 0 Å². The van der Waals surface area contributed by atoms with Crippen LogP contribution in [0.1, 0.15) is 0 Å². The molecule has 0 saturated carbocycles. The Labute approximate surface area is 177 Å². The van der Waals surface area contributed by atoms with E-state index in [1.165, 1.54) is 25.1 Å². The van der Waals surface area contributed by atoms with E-state index in [2.05, 4.69) is 19.7 Å². The van der Waals surface area contributed by atoms with Gasteiger partial charge in [-0.2, -0.15) is 0 Å². The van der Waals surface area contributed by atoms with Gasteiger partial charge in [0.05, 0.1) is 11.4 Å². The molecule has 0 radical (unpaired) electrons. The molecule has 0 atom stereocenters. The molecular formula is C17H21N7O4S2. The Bertz CT molecular complexity index is 1210. The highest BCUT2D eigenvalue weighted by atomic mass is 32.2. The number of hydrogen-bond acceptors (Lipinski definition) is 10. The Morgan fingerprint density at radius 1 is 1.27 bits per heavy atom. The highest BCUT2D eigenvalue weighted by Crippen LogP contribution is 2.44. The van der Waals surface area contributed by atoms with Gasteiger partial charge in [-0.3, -0.25) is 0 Å². The predicted molar refractivity (Wildman–Crippen MR) is 114 cm³/mol. The Kier molecular flexibility index (Phi) is 5.34. The third kappa shape index (κ3) is 3.82. The van der Waals surface area contributed by atoms with Crippen molar-refractivity contribution in [2.24, 2.45) is 0 Å². The van der Waals surface area contributed by atoms with E-state index in [9.17, 15) is 8.42 Å². The monoisotopic (exact) mass is 451 g/mol. The zero-order valence-electron chi connectivity index (χ0n) is 16.6. The Morgan fingerprint density at radius 2 is 2.00 bits per heavy atom. The fourth-order valence-corrected chi connectivity index (χ4v) is 4.73. The lowest BCUT2D eigenvalue weighted by Crippen LogP contribution is -2.25. The second kappa shape index (κ2) is 7.81. The van der Waals surface area contributed by atoms with Crippen molar-refractivity contribution in [1.29, 1.82) is 0 Å². The first-order valence-electron chi connectivity index (χ1n) is 8.96. The minimum atomic E-state index is -3.42. The maximum atomic E-state index is 12.0. The van der Waals surface area contributed by atoms with Crippen LogP contribution in [0.4, 0.5) is 11.5 Å². The minimum Gasteiger partial charge on any atom is -0.454 e. The molecule has 0 saturated heterocycles. The van der Waals surface area contributed by atoms with Crippen molar-refractivity contribution in [1.82, 2.24) is 24.2 Å². The highest BCUT2D eigenvalue weighted by Gasteiger charge is 2.23. The summed E-state index contributed by atoms with van der Waals surface area (Å²) in [6.45, 7) is 0.323. The standard InChI is InChI=1S/C17H21N7O4S2/c1-19-30(25,26)5-4-24-16-14(15(18)20-8-21-16)22-17(24)29-13-7-12-11(27-9-28-12)6-10(13)23(2)3/h6-8,19H,4-5,9H2,1-3H3,(H2,18,20,21). The van der Waals surface area contributed by atoms with Crippen molar-refractivity contribution in [2.75, 3.05) is 44.3 Å². The summed E-state index contributed by atoms with van der Waals surface area (Å²) in [7, 11) is 1.81. The summed E-state index contributed by atoms with van der Waals surface area (Å²) in [6, 6.07) is 3.78. The number of fused-ring (bicyclic) bond motifs is 2. The minimum absolute atomic E-state index is 0.131. The van der Waals surface area contributed by atoms with Crippen LogP contribution in [0.2, 0.25) is 0 Å². The van der Waals surface area contributed by atoms with Crippen LogP contribution >= 0.6 is 11.8 Å². The van der Waals surface area contributed by atoms with E-state index in [0.29, 0.717) is 27.8 Å². The summed E-state index contributed by atoms with van der Waals surface area (Å²) in [5.41, 5.74) is 7.79. The molecule has 3 aromatic rings. The Balaban J connectivity index is 1.79. The highest BCUT2D eigenvalue weighted by molar-refractivity contribution is 7.99. The maximum Gasteiger partial charge on any atom is 0.231 e. The van der Waals surface area contributed by atoms with Crippen molar-refractivity contribution < 1.29 is 17.9 Å². The van der Waals surface area contributed by atoms with Gasteiger partial charge in [0.25, 0.3) is 0 Å². The summed E-state index contributed by atoms with van der Waals surface area (Å²) in [5.74, 6) is 1.42. The van der Waals surface area contributed by atoms with E-state index >= 15 is 0 Å². The summed E-state index contributed by atoms with van der Waals surface area (Å²) >= 11 is 1.36. The number of hydrogen-bond donors (Lipinski definition) is 2. The number of nitrogens with one attached hydrogen (secondary N) is 1. The number of ether oxygens (including phenoxy) is 2. The molecule has 0 fully saturated rings. The number of rotatable bonds is 7. The molecule has 1 aliphatic heterocycles. The molecule has 0 spiro atoms. The molecular weight excluding hydrogens is 430 g/mol. The summed E-state index contributed by atoms with van der Waals surface area (Å²) in [5, 5.41) is 0.547. The second-order valence-electron chi connectivity index (χ2n) is 6.67. The van der Waals surface area contributed by atoms with Crippen LogP contribution < -0.4 is 24.8 Å². The Hall–Kier alpha value is -2.77. The number of anilines is 2. The lowest BCUT2D eigenvalue weighted by atomic mass is 10.2. The molecule has 11 nitrogen and oxygen atoms in total. The molecule has 2 aromatic heterocycles. The molecule has 4 rings (SSSR count). The lowest BCUT2D eigenvalue weighted by molar-refractivity contribution is 0.174. The first-order chi connectivity index (χ1) is 14.3. The van der Waals surface area contributed by atoms with Gasteiger partial charge in [0.2, 0.25) is 16.8 Å². The van der Waals surface area contributed by atoms with Crippen LogP contribution in [-0.2, 0) is 16.6 Å². The fourth-order valence-electron chi connectivity index (χ4n) is 2.97. The van der Waals surface area contributed by atoms with Crippen LogP contribution in [0.25, 0.3) is 11.2 Å². The first-order valence-corrected chi connectivity index (χ1v) is 11.4. The van der Waals surface area contributed by atoms with Gasteiger partial charge < -0.3 is 24.7 Å². The molecule has 0 amide bonds. The van der Waals surface area contributed by atoms with Crippen molar-refractivity contribution in [3.63, 3.8) is 0 Å². The summed E-state index contributed by atoms with van der Waals surface area (Å²) in [4.78, 5) is 15.7. The number of nitrogens with two attached hydrogens (primary N) is 1. The van der Waals surface area contributed by atoms with Gasteiger partial charge in [0.1, 0.15) is 6.33 Å². The zero-order valence-corrected chi connectivity index (χ0v) is 18.2. The smallest absolute Gasteiger partial charge is 0.231 e. The SMILES string of the molecule is CNS(=O)(=O)CCn1c(Sc2cc3c(cc2N(C)C)OCO3)nc2c(N)ncnc21. The Morgan fingerprint density at radius 3 is 2.70 bits per heavy atom. The summed E-state index contributed by atoms with van der Waals surface area (Å²) < 4.78 is 39.0. The van der Waals surface area contributed by atoms with Crippen molar-refractivity contribution in [3.8, 4) is 11.5 Å². The van der Waals surface area contributed by atoms with Crippen LogP contribution in [0.3, 0.4) is 0 Å². The van der Waals surface area contributed by atoms with E-state index in [4.69, 9.17) is 15.2 Å². The van der Waals surface area contributed by atoms with Crippen LogP contribution in [0.5, 0.6) is 11.5 Å². The number of aromatic nitrogens is 4. The lowest BCUT2D eigenvalue weighted by Gasteiger charge is -2.18. The number of nitrogens with zero attached hydrogens (tertiary/aromatic N) is 5. The third-order valence-electron chi connectivity index (χ3n) is 4.56. The van der Waals surface area contributed by atoms with Gasteiger partial charge in [0.15, 0.2) is 33.6 Å². The van der Waals surface area contributed by atoms with Gasteiger partial charge in [-0.05, 0) is 18.8 Å². The second-order valence-corrected chi connectivity index (χ2v) is 9.72. The molecule has 0 bridgehead atoms. The molecule has 160 valence electrons. The van der Waals surface area contributed by atoms with Gasteiger partial charge in [-0.15, -0.1) is 0 Å². The molecule has 1 aromatic carbocycles. The van der Waals surface area contributed by atoms with Gasteiger partial charge in [0, 0.05) is 37.7 Å². The number of benzene rings is 1. The molecule has 1 aliphatic rings. The topological polar surface area (TPSA) is 137 Å². The number of imidazole rings is 1. The summed E-state index contributed by atoms with van der Waals surface area (Å²) in [6.07, 6.45) is 1.34. The first kappa shape index (κ1) is 20.5. The van der Waals surface area contributed by atoms with Crippen LogP contribution in [0, 0.1) is 0 Å². The van der Waals surface area contributed by atoms with Crippen molar-refractivity contribution in [3.05, 3.63) is 18.5 Å². The predicted octanol–water partition coefficient (Wildman–Crippen LogP) is 0.904. The van der Waals surface area contributed by atoms with E-state index < -0.39 is 10.0 Å². The molecule has 3 heterocycles. The van der Waals surface area contributed by atoms with Gasteiger partial charge in [-0.1, -0.05) is 0 Å². The molecule has 13 heteroatoms. The van der Waals surface area contributed by atoms with E-state index in [0.717, 1.165) is 10.6 Å². The van der Waals surface area contributed by atoms with Gasteiger partial charge in [-0.25, -0.2) is 28.1 Å². The number of sulfonamides is 1.